The van der Waals surface area contributed by atoms with Crippen molar-refractivity contribution in [2.75, 3.05) is 33.2 Å². The molecule has 2 rings (SSSR count). The number of carbonyl (C=O) groups excluding carboxylic acids is 1. The summed E-state index contributed by atoms with van der Waals surface area (Å²) in [6.45, 7) is 7.51. The minimum Gasteiger partial charge on any atom is -0.394 e. The van der Waals surface area contributed by atoms with Gasteiger partial charge in [-0.15, -0.1) is 0 Å². The SMILES string of the molecule is C[C@]1(O)[C@@H](CCO[P+](C)(C)C)C(=O)N[C@]1(CO)[C@H](O)[C@@H]1C=CCCC1. The van der Waals surface area contributed by atoms with E-state index in [1.54, 1.807) is 0 Å². The largest absolute Gasteiger partial charge is 0.394 e. The van der Waals surface area contributed by atoms with E-state index in [-0.39, 0.29) is 11.8 Å². The Morgan fingerprint density at radius 3 is 2.64 bits per heavy atom. The highest BCUT2D eigenvalue weighted by Gasteiger charge is 2.64. The Morgan fingerprint density at radius 1 is 1.44 bits per heavy atom. The highest BCUT2D eigenvalue weighted by molar-refractivity contribution is 7.69. The van der Waals surface area contributed by atoms with Crippen molar-refractivity contribution < 1.29 is 24.6 Å². The average molecular weight is 374 g/mol. The van der Waals surface area contributed by atoms with Crippen molar-refractivity contribution in [2.45, 2.75) is 49.9 Å². The molecule has 7 heteroatoms. The van der Waals surface area contributed by atoms with Gasteiger partial charge in [0.15, 0.2) is 0 Å². The summed E-state index contributed by atoms with van der Waals surface area (Å²) in [4.78, 5) is 12.5. The third-order valence-corrected chi connectivity index (χ3v) is 6.54. The van der Waals surface area contributed by atoms with Crippen molar-refractivity contribution in [3.63, 3.8) is 0 Å². The highest BCUT2D eigenvalue weighted by Crippen LogP contribution is 2.49. The molecule has 0 aromatic heterocycles. The van der Waals surface area contributed by atoms with Crippen LogP contribution in [0.1, 0.15) is 32.6 Å². The van der Waals surface area contributed by atoms with Crippen LogP contribution in [0, 0.1) is 11.8 Å². The summed E-state index contributed by atoms with van der Waals surface area (Å²) in [5.74, 6) is -1.26. The zero-order valence-electron chi connectivity index (χ0n) is 15.7. The van der Waals surface area contributed by atoms with Crippen LogP contribution >= 0.6 is 7.49 Å². The molecule has 2 aliphatic rings. The molecule has 25 heavy (non-hydrogen) atoms. The Hall–Kier alpha value is -0.520. The first-order chi connectivity index (χ1) is 11.5. The van der Waals surface area contributed by atoms with Gasteiger partial charge in [0, 0.05) is 5.92 Å². The van der Waals surface area contributed by atoms with Crippen molar-refractivity contribution in [1.82, 2.24) is 5.32 Å². The van der Waals surface area contributed by atoms with Gasteiger partial charge in [-0.2, -0.15) is 0 Å². The second-order valence-electron chi connectivity index (χ2n) is 8.30. The maximum absolute atomic E-state index is 12.5. The van der Waals surface area contributed by atoms with Crippen molar-refractivity contribution >= 4 is 13.4 Å². The number of aliphatic hydroxyl groups is 3. The van der Waals surface area contributed by atoms with E-state index >= 15 is 0 Å². The summed E-state index contributed by atoms with van der Waals surface area (Å²) in [5, 5.41) is 34.9. The molecule has 6 nitrogen and oxygen atoms in total. The Morgan fingerprint density at radius 2 is 2.12 bits per heavy atom. The van der Waals surface area contributed by atoms with Crippen LogP contribution < -0.4 is 5.32 Å². The molecular weight excluding hydrogens is 341 g/mol. The molecule has 144 valence electrons. The second-order valence-corrected chi connectivity index (χ2v) is 12.3. The van der Waals surface area contributed by atoms with Crippen molar-refractivity contribution in [3.05, 3.63) is 12.2 Å². The van der Waals surface area contributed by atoms with E-state index in [0.29, 0.717) is 13.0 Å². The van der Waals surface area contributed by atoms with Gasteiger partial charge in [-0.25, -0.2) is 4.52 Å². The predicted molar refractivity (Wildman–Crippen MR) is 99.8 cm³/mol. The lowest BCUT2D eigenvalue weighted by Gasteiger charge is -2.45. The molecule has 1 fully saturated rings. The van der Waals surface area contributed by atoms with Gasteiger partial charge in [-0.1, -0.05) is 12.2 Å². The van der Waals surface area contributed by atoms with Crippen LogP contribution in [0.5, 0.6) is 0 Å². The Bertz CT molecular complexity index is 516. The van der Waals surface area contributed by atoms with Gasteiger partial charge >= 0.3 is 0 Å². The number of carbonyl (C=O) groups is 1. The van der Waals surface area contributed by atoms with Crippen LogP contribution in [0.4, 0.5) is 0 Å². The summed E-state index contributed by atoms with van der Waals surface area (Å²) in [6.07, 6.45) is 5.92. The molecule has 1 aliphatic heterocycles. The molecule has 0 bridgehead atoms. The number of hydrogen-bond acceptors (Lipinski definition) is 5. The summed E-state index contributed by atoms with van der Waals surface area (Å²) >= 11 is 0. The second kappa shape index (κ2) is 7.61. The Kier molecular flexibility index (Phi) is 6.33. The molecule has 4 N–H and O–H groups in total. The topological polar surface area (TPSA) is 99.0 Å². The van der Waals surface area contributed by atoms with Gasteiger partial charge in [0.05, 0.1) is 45.2 Å². The third-order valence-electron chi connectivity index (χ3n) is 5.58. The van der Waals surface area contributed by atoms with Gasteiger partial charge in [0.2, 0.25) is 5.91 Å². The first kappa shape index (κ1) is 20.8. The van der Waals surface area contributed by atoms with Gasteiger partial charge in [0.25, 0.3) is 0 Å². The monoisotopic (exact) mass is 374 g/mol. The number of aliphatic hydroxyl groups excluding tert-OH is 2. The van der Waals surface area contributed by atoms with Crippen LogP contribution in [0.25, 0.3) is 0 Å². The quantitative estimate of drug-likeness (QED) is 0.396. The van der Waals surface area contributed by atoms with Gasteiger partial charge in [-0.05, 0) is 32.6 Å². The van der Waals surface area contributed by atoms with Crippen LogP contribution in [0.2, 0.25) is 0 Å². The van der Waals surface area contributed by atoms with Gasteiger partial charge in [0.1, 0.15) is 18.6 Å². The zero-order valence-corrected chi connectivity index (χ0v) is 16.6. The number of rotatable bonds is 7. The zero-order chi connectivity index (χ0) is 18.9. The fraction of sp³-hybridized carbons (Fsp3) is 0.833. The molecule has 1 amide bonds. The first-order valence-electron chi connectivity index (χ1n) is 9.01. The molecule has 0 aromatic rings. The van der Waals surface area contributed by atoms with Crippen LogP contribution in [-0.2, 0) is 9.32 Å². The summed E-state index contributed by atoms with van der Waals surface area (Å²) in [5.41, 5.74) is -3.03. The standard InChI is InChI=1S/C18H32NO5P/c1-17(23)14(10-11-24-25(2,3)4)16(22)19-18(17,12-20)15(21)13-8-6-5-7-9-13/h6,8,13-15,20-21,23H,5,7,9-12H2,1-4H3/p+1/t13-,14+,15-,17+,18-/m1/s1. The van der Waals surface area contributed by atoms with Crippen molar-refractivity contribution in [3.8, 4) is 0 Å². The molecular formula is C18H33NO5P+. The van der Waals surface area contributed by atoms with Crippen LogP contribution in [-0.4, -0.2) is 71.7 Å². The molecule has 0 radical (unpaired) electrons. The highest BCUT2D eigenvalue weighted by atomic mass is 31.2. The lowest BCUT2D eigenvalue weighted by atomic mass is 9.69. The van der Waals surface area contributed by atoms with E-state index in [1.165, 1.54) is 6.92 Å². The maximum atomic E-state index is 12.5. The molecule has 1 saturated heterocycles. The Balaban J connectivity index is 2.20. The minimum atomic E-state index is -1.57. The smallest absolute Gasteiger partial charge is 0.226 e. The van der Waals surface area contributed by atoms with Crippen molar-refractivity contribution in [1.29, 1.82) is 0 Å². The summed E-state index contributed by atoms with van der Waals surface area (Å²) < 4.78 is 5.80. The van der Waals surface area contributed by atoms with Crippen molar-refractivity contribution in [2.24, 2.45) is 11.8 Å². The first-order valence-corrected chi connectivity index (χ1v) is 12.1. The fourth-order valence-electron chi connectivity index (χ4n) is 3.99. The van der Waals surface area contributed by atoms with Crippen LogP contribution in [0.3, 0.4) is 0 Å². The van der Waals surface area contributed by atoms with E-state index in [2.05, 4.69) is 5.32 Å². The summed E-state index contributed by atoms with van der Waals surface area (Å²) in [7, 11) is -1.44. The number of hydrogen-bond donors (Lipinski definition) is 4. The van der Waals surface area contributed by atoms with Gasteiger partial charge in [-0.3, -0.25) is 4.79 Å². The van der Waals surface area contributed by atoms with E-state index in [1.807, 2.05) is 32.1 Å². The summed E-state index contributed by atoms with van der Waals surface area (Å²) in [6, 6.07) is 0. The van der Waals surface area contributed by atoms with Crippen LogP contribution in [0.15, 0.2) is 12.2 Å². The number of nitrogens with one attached hydrogen (secondary N) is 1. The maximum Gasteiger partial charge on any atom is 0.226 e. The molecule has 0 saturated carbocycles. The molecule has 0 spiro atoms. The Labute approximate surface area is 151 Å². The minimum absolute atomic E-state index is 0.192. The molecule has 0 unspecified atom stereocenters. The third kappa shape index (κ3) is 4.09. The predicted octanol–water partition coefficient (Wildman–Crippen LogP) is 1.16. The van der Waals surface area contributed by atoms with E-state index in [4.69, 9.17) is 4.52 Å². The molecule has 5 atom stereocenters. The molecule has 1 aliphatic carbocycles. The normalized spacial score (nSPS) is 37.2. The number of amides is 1. The lowest BCUT2D eigenvalue weighted by Crippen LogP contribution is -2.68. The fourth-order valence-corrected chi connectivity index (χ4v) is 4.64. The van der Waals surface area contributed by atoms with E-state index in [0.717, 1.165) is 19.3 Å². The molecule has 1 heterocycles. The van der Waals surface area contributed by atoms with E-state index < -0.39 is 37.3 Å². The lowest BCUT2D eigenvalue weighted by molar-refractivity contribution is -0.128. The van der Waals surface area contributed by atoms with Gasteiger partial charge < -0.3 is 20.6 Å². The average Bonchev–Trinajstić information content (AvgIpc) is 2.74. The molecule has 0 aromatic carbocycles. The van der Waals surface area contributed by atoms with E-state index in [9.17, 15) is 20.1 Å². The number of allylic oxidation sites excluding steroid dienone is 1.